The molecular formula is C20H15Cl2NO2S. The molecule has 2 unspecified atom stereocenters. The Bertz CT molecular complexity index is 942. The van der Waals surface area contributed by atoms with Gasteiger partial charge in [0.1, 0.15) is 11.9 Å². The number of aliphatic hydroxyl groups is 1. The molecular weight excluding hydrogens is 389 g/mol. The van der Waals surface area contributed by atoms with E-state index in [9.17, 15) is 5.11 Å². The number of thiophene rings is 1. The first kappa shape index (κ1) is 17.6. The summed E-state index contributed by atoms with van der Waals surface area (Å²) in [5.41, 5.74) is 2.25. The van der Waals surface area contributed by atoms with E-state index in [1.54, 1.807) is 35.9 Å². The second-order valence-electron chi connectivity index (χ2n) is 5.98. The minimum Gasteiger partial charge on any atom is -0.492 e. The molecule has 0 aliphatic carbocycles. The summed E-state index contributed by atoms with van der Waals surface area (Å²) < 4.78 is 6.03. The average molecular weight is 404 g/mol. The highest BCUT2D eigenvalue weighted by atomic mass is 35.5. The maximum atomic E-state index is 11.1. The minimum atomic E-state index is -0.833. The largest absolute Gasteiger partial charge is 0.492 e. The van der Waals surface area contributed by atoms with Gasteiger partial charge in [-0.05, 0) is 35.7 Å². The second kappa shape index (κ2) is 7.41. The lowest BCUT2D eigenvalue weighted by Crippen LogP contribution is -2.09. The van der Waals surface area contributed by atoms with Gasteiger partial charge in [0.2, 0.25) is 0 Å². The van der Waals surface area contributed by atoms with Crippen LogP contribution in [0.15, 0.2) is 65.8 Å². The molecule has 1 aromatic carbocycles. The minimum absolute atomic E-state index is 0.0352. The number of aliphatic hydroxyl groups excluding tert-OH is 1. The van der Waals surface area contributed by atoms with Crippen LogP contribution in [0.1, 0.15) is 28.0 Å². The summed E-state index contributed by atoms with van der Waals surface area (Å²) in [4.78, 5) is 5.27. The van der Waals surface area contributed by atoms with Gasteiger partial charge in [0.05, 0.1) is 17.5 Å². The number of pyridine rings is 1. The average Bonchev–Trinajstić information content (AvgIpc) is 3.31. The van der Waals surface area contributed by atoms with Crippen LogP contribution in [0.3, 0.4) is 0 Å². The maximum Gasteiger partial charge on any atom is 0.130 e. The number of rotatable bonds is 4. The molecule has 0 saturated heterocycles. The van der Waals surface area contributed by atoms with E-state index in [-0.39, 0.29) is 5.92 Å². The van der Waals surface area contributed by atoms with Gasteiger partial charge in [0.25, 0.3) is 0 Å². The Morgan fingerprint density at radius 1 is 1.19 bits per heavy atom. The summed E-state index contributed by atoms with van der Waals surface area (Å²) in [5, 5.41) is 14.2. The maximum absolute atomic E-state index is 11.1. The van der Waals surface area contributed by atoms with Crippen LogP contribution in [0.25, 0.3) is 5.76 Å². The molecule has 0 amide bonds. The van der Waals surface area contributed by atoms with E-state index in [0.717, 1.165) is 21.6 Å². The molecule has 0 saturated carbocycles. The Balaban J connectivity index is 1.86. The number of ether oxygens (including phenoxy) is 1. The lowest BCUT2D eigenvalue weighted by atomic mass is 9.89. The van der Waals surface area contributed by atoms with Crippen molar-refractivity contribution in [2.24, 2.45) is 0 Å². The Morgan fingerprint density at radius 2 is 2.08 bits per heavy atom. The fourth-order valence-electron chi connectivity index (χ4n) is 3.16. The smallest absolute Gasteiger partial charge is 0.130 e. The van der Waals surface area contributed by atoms with E-state index >= 15 is 0 Å². The summed E-state index contributed by atoms with van der Waals surface area (Å²) in [7, 11) is 0. The second-order valence-corrected chi connectivity index (χ2v) is 7.80. The number of nitrogens with zero attached hydrogens (tertiary/aromatic N) is 1. The van der Waals surface area contributed by atoms with Crippen molar-refractivity contribution in [2.75, 3.05) is 6.61 Å². The number of halogens is 2. The van der Waals surface area contributed by atoms with Crippen LogP contribution < -0.4 is 0 Å². The van der Waals surface area contributed by atoms with Gasteiger partial charge in [-0.25, -0.2) is 0 Å². The molecule has 4 rings (SSSR count). The predicted octanol–water partition coefficient (Wildman–Crippen LogP) is 5.71. The highest BCUT2D eigenvalue weighted by molar-refractivity contribution is 7.10. The predicted molar refractivity (Wildman–Crippen MR) is 106 cm³/mol. The first-order chi connectivity index (χ1) is 12.6. The van der Waals surface area contributed by atoms with E-state index in [0.29, 0.717) is 22.4 Å². The molecule has 0 radical (unpaired) electrons. The molecule has 132 valence electrons. The van der Waals surface area contributed by atoms with Gasteiger partial charge in [-0.3, -0.25) is 4.98 Å². The number of hydrogen-bond donors (Lipinski definition) is 1. The topological polar surface area (TPSA) is 42.4 Å². The van der Waals surface area contributed by atoms with E-state index in [2.05, 4.69) is 11.1 Å². The summed E-state index contributed by atoms with van der Waals surface area (Å²) in [6, 6.07) is 13.0. The zero-order valence-electron chi connectivity index (χ0n) is 13.6. The van der Waals surface area contributed by atoms with Gasteiger partial charge in [0, 0.05) is 39.0 Å². The van der Waals surface area contributed by atoms with Gasteiger partial charge in [-0.2, -0.15) is 0 Å². The molecule has 6 heteroatoms. The molecule has 1 aliphatic heterocycles. The molecule has 3 aromatic rings. The number of hydrogen-bond acceptors (Lipinski definition) is 4. The third-order valence-electron chi connectivity index (χ3n) is 4.39. The van der Waals surface area contributed by atoms with Crippen molar-refractivity contribution < 1.29 is 9.84 Å². The highest BCUT2D eigenvalue weighted by Gasteiger charge is 2.36. The fourth-order valence-corrected chi connectivity index (χ4v) is 4.49. The fraction of sp³-hybridized carbons (Fsp3) is 0.150. The zero-order valence-corrected chi connectivity index (χ0v) is 15.9. The van der Waals surface area contributed by atoms with Crippen LogP contribution >= 0.6 is 34.5 Å². The van der Waals surface area contributed by atoms with Crippen molar-refractivity contribution in [3.05, 3.63) is 91.9 Å². The van der Waals surface area contributed by atoms with Crippen LogP contribution in [0.2, 0.25) is 10.0 Å². The lowest BCUT2D eigenvalue weighted by molar-refractivity contribution is 0.209. The van der Waals surface area contributed by atoms with Gasteiger partial charge in [0.15, 0.2) is 0 Å². The summed E-state index contributed by atoms with van der Waals surface area (Å²) in [6.45, 7) is 0.460. The molecule has 3 nitrogen and oxygen atoms in total. The van der Waals surface area contributed by atoms with E-state index in [4.69, 9.17) is 27.9 Å². The Hall–Kier alpha value is -1.85. The van der Waals surface area contributed by atoms with Crippen LogP contribution in [-0.2, 0) is 4.74 Å². The molecule has 2 atom stereocenters. The monoisotopic (exact) mass is 403 g/mol. The van der Waals surface area contributed by atoms with E-state index < -0.39 is 6.10 Å². The highest BCUT2D eigenvalue weighted by Crippen LogP contribution is 2.47. The number of aromatic nitrogens is 1. The van der Waals surface area contributed by atoms with E-state index in [1.807, 2.05) is 29.6 Å². The molecule has 1 aliphatic rings. The van der Waals surface area contributed by atoms with E-state index in [1.165, 1.54) is 0 Å². The van der Waals surface area contributed by atoms with Crippen molar-refractivity contribution in [1.82, 2.24) is 4.98 Å². The van der Waals surface area contributed by atoms with Gasteiger partial charge >= 0.3 is 0 Å². The van der Waals surface area contributed by atoms with Gasteiger partial charge in [-0.15, -0.1) is 11.3 Å². The first-order valence-electron chi connectivity index (χ1n) is 8.09. The Morgan fingerprint density at radius 3 is 2.77 bits per heavy atom. The third-order valence-corrected chi connectivity index (χ3v) is 5.92. The van der Waals surface area contributed by atoms with Crippen molar-refractivity contribution >= 4 is 40.3 Å². The van der Waals surface area contributed by atoms with Crippen LogP contribution in [0.4, 0.5) is 0 Å². The molecule has 1 N–H and O–H groups in total. The van der Waals surface area contributed by atoms with Crippen LogP contribution in [0.5, 0.6) is 0 Å². The summed E-state index contributed by atoms with van der Waals surface area (Å²) in [6.07, 6.45) is 2.52. The van der Waals surface area contributed by atoms with Crippen molar-refractivity contribution in [3.8, 4) is 0 Å². The zero-order chi connectivity index (χ0) is 18.1. The quantitative estimate of drug-likeness (QED) is 0.606. The molecule has 0 bridgehead atoms. The molecule has 3 heterocycles. The summed E-state index contributed by atoms with van der Waals surface area (Å²) in [5.74, 6) is 0.577. The van der Waals surface area contributed by atoms with Crippen LogP contribution in [0, 0.1) is 0 Å². The van der Waals surface area contributed by atoms with Gasteiger partial charge < -0.3 is 9.84 Å². The lowest BCUT2D eigenvalue weighted by Gasteiger charge is -2.18. The van der Waals surface area contributed by atoms with Crippen molar-refractivity contribution in [3.63, 3.8) is 0 Å². The number of benzene rings is 1. The SMILES string of the molecule is OC(C1=C(c2ccc(Cl)cc2Cl)OCC1c1cccs1)c1cccnc1. The molecule has 2 aromatic heterocycles. The van der Waals surface area contributed by atoms with Crippen LogP contribution in [-0.4, -0.2) is 16.7 Å². The van der Waals surface area contributed by atoms with Crippen molar-refractivity contribution in [2.45, 2.75) is 12.0 Å². The normalized spacial score (nSPS) is 18.0. The third kappa shape index (κ3) is 3.26. The summed E-state index contributed by atoms with van der Waals surface area (Å²) >= 11 is 14.1. The molecule has 26 heavy (non-hydrogen) atoms. The Kier molecular flexibility index (Phi) is 5.00. The van der Waals surface area contributed by atoms with Crippen molar-refractivity contribution in [1.29, 1.82) is 0 Å². The van der Waals surface area contributed by atoms with Gasteiger partial charge in [-0.1, -0.05) is 35.3 Å². The first-order valence-corrected chi connectivity index (χ1v) is 9.72. The standard InChI is InChI=1S/C20H15Cl2NO2S/c21-13-5-6-14(16(22)9-13)20-18(19(24)12-3-1-7-23-10-12)15(11-25-20)17-4-2-8-26-17/h1-10,15,19,24H,11H2. The molecule has 0 fully saturated rings. The Labute approximate surface area is 165 Å². The molecule has 0 spiro atoms.